The molecule has 1 amide bonds. The third-order valence-electron chi connectivity index (χ3n) is 4.65. The Kier molecular flexibility index (Phi) is 6.14. The largest absolute Gasteiger partial charge is 0.341 e. The summed E-state index contributed by atoms with van der Waals surface area (Å²) < 4.78 is 3.07. The molecule has 0 spiro atoms. The van der Waals surface area contributed by atoms with Crippen LogP contribution in [0.3, 0.4) is 0 Å². The number of hydrogen-bond acceptors (Lipinski definition) is 4. The van der Waals surface area contributed by atoms with E-state index in [0.29, 0.717) is 29.0 Å². The Labute approximate surface area is 167 Å². The van der Waals surface area contributed by atoms with Gasteiger partial charge in [-0.1, -0.05) is 26.0 Å². The highest BCUT2D eigenvalue weighted by Crippen LogP contribution is 2.17. The molecule has 0 unspecified atom stereocenters. The summed E-state index contributed by atoms with van der Waals surface area (Å²) in [5.41, 5.74) is 1.16. The van der Waals surface area contributed by atoms with Crippen LogP contribution in [0.25, 0.3) is 15.9 Å². The van der Waals surface area contributed by atoms with Crippen molar-refractivity contribution >= 4 is 27.5 Å². The maximum absolute atomic E-state index is 13.2. The van der Waals surface area contributed by atoms with E-state index < -0.39 is 5.69 Å². The number of hydrogen-bond donors (Lipinski definition) is 0. The molecule has 3 aromatic rings. The maximum atomic E-state index is 13.2. The lowest BCUT2D eigenvalue weighted by molar-refractivity contribution is -0.131. The van der Waals surface area contributed by atoms with E-state index in [-0.39, 0.29) is 18.0 Å². The van der Waals surface area contributed by atoms with Crippen molar-refractivity contribution < 1.29 is 4.79 Å². The molecule has 2 heterocycles. The number of aromatic nitrogens is 2. The molecule has 0 saturated heterocycles. The zero-order valence-electron chi connectivity index (χ0n) is 16.5. The molecule has 28 heavy (non-hydrogen) atoms. The second-order valence-corrected chi connectivity index (χ2v) is 7.78. The van der Waals surface area contributed by atoms with Gasteiger partial charge in [0.25, 0.3) is 5.56 Å². The summed E-state index contributed by atoms with van der Waals surface area (Å²) >= 11 is 1.29. The SMILES string of the molecule is CCCN(CCC)C(=O)Cn1c(=O)n(-c2cccc(C)c2)c(=O)c2sccc21. The Morgan fingerprint density at radius 2 is 1.82 bits per heavy atom. The van der Waals surface area contributed by atoms with Gasteiger partial charge in [-0.2, -0.15) is 0 Å². The highest BCUT2D eigenvalue weighted by molar-refractivity contribution is 7.17. The third kappa shape index (κ3) is 3.80. The molecule has 0 atom stereocenters. The number of carbonyl (C=O) groups excluding carboxylic acids is 1. The van der Waals surface area contributed by atoms with E-state index in [1.807, 2.05) is 32.9 Å². The number of thiophene rings is 1. The molecule has 0 radical (unpaired) electrons. The van der Waals surface area contributed by atoms with Crippen molar-refractivity contribution in [2.24, 2.45) is 0 Å². The molecule has 7 heteroatoms. The van der Waals surface area contributed by atoms with Crippen LogP contribution in [0.1, 0.15) is 32.3 Å². The van der Waals surface area contributed by atoms with Crippen LogP contribution in [0, 0.1) is 6.92 Å². The Morgan fingerprint density at radius 1 is 1.11 bits per heavy atom. The summed E-state index contributed by atoms with van der Waals surface area (Å²) in [6.07, 6.45) is 1.72. The van der Waals surface area contributed by atoms with Crippen molar-refractivity contribution in [1.29, 1.82) is 0 Å². The van der Waals surface area contributed by atoms with Crippen LogP contribution in [0.15, 0.2) is 45.3 Å². The van der Waals surface area contributed by atoms with Gasteiger partial charge >= 0.3 is 5.69 Å². The second kappa shape index (κ2) is 8.56. The normalized spacial score (nSPS) is 11.1. The van der Waals surface area contributed by atoms with E-state index in [9.17, 15) is 14.4 Å². The van der Waals surface area contributed by atoms with Crippen molar-refractivity contribution in [3.63, 3.8) is 0 Å². The molecule has 0 aliphatic rings. The van der Waals surface area contributed by atoms with Gasteiger partial charge in [0.1, 0.15) is 11.2 Å². The zero-order valence-corrected chi connectivity index (χ0v) is 17.3. The molecule has 0 saturated carbocycles. The molecule has 1 aromatic carbocycles. The number of fused-ring (bicyclic) bond motifs is 1. The summed E-state index contributed by atoms with van der Waals surface area (Å²) in [6.45, 7) is 7.21. The minimum Gasteiger partial charge on any atom is -0.341 e. The van der Waals surface area contributed by atoms with Crippen LogP contribution in [-0.4, -0.2) is 33.0 Å². The topological polar surface area (TPSA) is 64.3 Å². The van der Waals surface area contributed by atoms with Gasteiger partial charge in [-0.15, -0.1) is 11.3 Å². The van der Waals surface area contributed by atoms with Gasteiger partial charge in [0.2, 0.25) is 5.91 Å². The standard InChI is InChI=1S/C21H25N3O3S/c1-4-10-22(11-5-2)18(25)14-23-17-9-12-28-19(17)20(26)24(21(23)27)16-8-6-7-15(3)13-16/h6-9,12-13H,4-5,10-11,14H2,1-3H3. The predicted molar refractivity (Wildman–Crippen MR) is 114 cm³/mol. The fourth-order valence-electron chi connectivity index (χ4n) is 3.37. The molecule has 148 valence electrons. The first-order valence-electron chi connectivity index (χ1n) is 9.55. The maximum Gasteiger partial charge on any atom is 0.336 e. The average molecular weight is 400 g/mol. The lowest BCUT2D eigenvalue weighted by atomic mass is 10.2. The van der Waals surface area contributed by atoms with Crippen LogP contribution in [0.4, 0.5) is 0 Å². The van der Waals surface area contributed by atoms with Crippen LogP contribution in [-0.2, 0) is 11.3 Å². The molecular formula is C21H25N3O3S. The van der Waals surface area contributed by atoms with Crippen molar-refractivity contribution in [3.05, 3.63) is 62.1 Å². The number of nitrogens with zero attached hydrogens (tertiary/aromatic N) is 3. The van der Waals surface area contributed by atoms with Gasteiger partial charge in [-0.05, 0) is 48.9 Å². The summed E-state index contributed by atoms with van der Waals surface area (Å²) in [7, 11) is 0. The van der Waals surface area contributed by atoms with Gasteiger partial charge in [0, 0.05) is 13.1 Å². The Hall–Kier alpha value is -2.67. The molecule has 0 aliphatic heterocycles. The fourth-order valence-corrected chi connectivity index (χ4v) is 4.20. The van der Waals surface area contributed by atoms with Crippen molar-refractivity contribution in [2.45, 2.75) is 40.2 Å². The lowest BCUT2D eigenvalue weighted by Crippen LogP contribution is -2.42. The van der Waals surface area contributed by atoms with Gasteiger partial charge < -0.3 is 4.90 Å². The molecule has 2 aromatic heterocycles. The van der Waals surface area contributed by atoms with Crippen LogP contribution in [0.5, 0.6) is 0 Å². The second-order valence-electron chi connectivity index (χ2n) is 6.86. The zero-order chi connectivity index (χ0) is 20.3. The highest BCUT2D eigenvalue weighted by Gasteiger charge is 2.20. The number of benzene rings is 1. The summed E-state index contributed by atoms with van der Waals surface area (Å²) in [5, 5.41) is 1.78. The molecule has 0 bridgehead atoms. The molecule has 0 fully saturated rings. The number of amides is 1. The molecule has 3 rings (SSSR count). The van der Waals surface area contributed by atoms with E-state index in [4.69, 9.17) is 0 Å². The summed E-state index contributed by atoms with van der Waals surface area (Å²) in [6, 6.07) is 9.00. The molecule has 0 aliphatic carbocycles. The van der Waals surface area contributed by atoms with E-state index >= 15 is 0 Å². The van der Waals surface area contributed by atoms with Crippen LogP contribution < -0.4 is 11.2 Å². The van der Waals surface area contributed by atoms with E-state index in [0.717, 1.165) is 18.4 Å². The minimum absolute atomic E-state index is 0.0713. The number of aryl methyl sites for hydroxylation is 1. The quantitative estimate of drug-likeness (QED) is 0.613. The average Bonchev–Trinajstić information content (AvgIpc) is 3.15. The van der Waals surface area contributed by atoms with Crippen LogP contribution >= 0.6 is 11.3 Å². The monoisotopic (exact) mass is 399 g/mol. The molecule has 0 N–H and O–H groups in total. The first-order chi connectivity index (χ1) is 13.5. The first-order valence-corrected chi connectivity index (χ1v) is 10.4. The Bertz CT molecular complexity index is 1100. The first kappa shape index (κ1) is 20.1. The van der Waals surface area contributed by atoms with Crippen LogP contribution in [0.2, 0.25) is 0 Å². The molecule has 6 nitrogen and oxygen atoms in total. The smallest absolute Gasteiger partial charge is 0.336 e. The fraction of sp³-hybridized carbons (Fsp3) is 0.381. The van der Waals surface area contributed by atoms with Gasteiger partial charge in [0.15, 0.2) is 0 Å². The predicted octanol–water partition coefficient (Wildman–Crippen LogP) is 3.17. The lowest BCUT2D eigenvalue weighted by Gasteiger charge is -2.22. The summed E-state index contributed by atoms with van der Waals surface area (Å²) in [5.74, 6) is -0.104. The van der Waals surface area contributed by atoms with E-state index in [1.165, 1.54) is 20.5 Å². The third-order valence-corrected chi connectivity index (χ3v) is 5.54. The van der Waals surface area contributed by atoms with Crippen molar-refractivity contribution in [1.82, 2.24) is 14.0 Å². The molecular weight excluding hydrogens is 374 g/mol. The Balaban J connectivity index is 2.15. The van der Waals surface area contributed by atoms with Crippen molar-refractivity contribution in [3.8, 4) is 5.69 Å². The van der Waals surface area contributed by atoms with E-state index in [2.05, 4.69) is 0 Å². The van der Waals surface area contributed by atoms with Gasteiger partial charge in [0.05, 0.1) is 11.2 Å². The van der Waals surface area contributed by atoms with Crippen molar-refractivity contribution in [2.75, 3.05) is 13.1 Å². The number of carbonyl (C=O) groups is 1. The highest BCUT2D eigenvalue weighted by atomic mass is 32.1. The number of rotatable bonds is 7. The minimum atomic E-state index is -0.484. The Morgan fingerprint density at radius 3 is 2.46 bits per heavy atom. The summed E-state index contributed by atoms with van der Waals surface area (Å²) in [4.78, 5) is 40.9. The van der Waals surface area contributed by atoms with Gasteiger partial charge in [-0.3, -0.25) is 14.2 Å². The van der Waals surface area contributed by atoms with E-state index in [1.54, 1.807) is 28.5 Å². The van der Waals surface area contributed by atoms with Gasteiger partial charge in [-0.25, -0.2) is 9.36 Å².